The van der Waals surface area contributed by atoms with Crippen molar-refractivity contribution in [1.29, 1.82) is 0 Å². The van der Waals surface area contributed by atoms with Crippen LogP contribution in [0.1, 0.15) is 31.0 Å². The summed E-state index contributed by atoms with van der Waals surface area (Å²) in [5.74, 6) is 1.36. The Morgan fingerprint density at radius 1 is 1.23 bits per heavy atom. The lowest BCUT2D eigenvalue weighted by Gasteiger charge is -2.35. The molecule has 138 valence electrons. The number of hydrogen-bond acceptors (Lipinski definition) is 5. The van der Waals surface area contributed by atoms with Gasteiger partial charge in [0.1, 0.15) is 5.75 Å². The Balaban J connectivity index is 1.50. The van der Waals surface area contributed by atoms with E-state index in [-0.39, 0.29) is 12.0 Å². The first-order valence-corrected chi connectivity index (χ1v) is 10.3. The predicted molar refractivity (Wildman–Crippen MR) is 102 cm³/mol. The van der Waals surface area contributed by atoms with Crippen LogP contribution in [0.4, 0.5) is 0 Å². The topological polar surface area (TPSA) is 45.7 Å². The molecule has 6 heteroatoms. The van der Waals surface area contributed by atoms with E-state index in [4.69, 9.17) is 4.74 Å². The molecule has 0 saturated carbocycles. The van der Waals surface area contributed by atoms with E-state index in [2.05, 4.69) is 26.9 Å². The quantitative estimate of drug-likeness (QED) is 0.782. The standard InChI is InChI=1S/C20H25N3O2S/c1-2-25-19-6-4-3-5-15(19)9-22-10-16-7-8-18(12-22)23(20(16)24)11-17-13-26-14-21-17/h3-6,13-14,16,18H,2,7-12H2,1H3/t16-,18+/m1/s1. The highest BCUT2D eigenvalue weighted by molar-refractivity contribution is 7.07. The number of benzene rings is 1. The third-order valence-corrected chi connectivity index (χ3v) is 5.99. The summed E-state index contributed by atoms with van der Waals surface area (Å²) in [5, 5.41) is 2.04. The van der Waals surface area contributed by atoms with E-state index >= 15 is 0 Å². The van der Waals surface area contributed by atoms with Crippen LogP contribution >= 0.6 is 11.3 Å². The molecule has 0 unspecified atom stereocenters. The molecule has 2 atom stereocenters. The van der Waals surface area contributed by atoms with Gasteiger partial charge in [0.15, 0.2) is 0 Å². The predicted octanol–water partition coefficient (Wildman–Crippen LogP) is 3.16. The molecule has 5 rings (SSSR count). The second-order valence-corrected chi connectivity index (χ2v) is 7.83. The van der Waals surface area contributed by atoms with Crippen LogP contribution in [0.15, 0.2) is 35.2 Å². The largest absolute Gasteiger partial charge is 0.494 e. The number of carbonyl (C=O) groups is 1. The van der Waals surface area contributed by atoms with Gasteiger partial charge in [-0.2, -0.15) is 0 Å². The van der Waals surface area contributed by atoms with Gasteiger partial charge in [0.2, 0.25) is 5.91 Å². The summed E-state index contributed by atoms with van der Waals surface area (Å²) in [6.07, 6.45) is 2.09. The van der Waals surface area contributed by atoms with Crippen molar-refractivity contribution in [3.63, 3.8) is 0 Å². The van der Waals surface area contributed by atoms with Gasteiger partial charge in [0, 0.05) is 36.6 Å². The minimum absolute atomic E-state index is 0.103. The molecule has 2 bridgehead atoms. The van der Waals surface area contributed by atoms with Gasteiger partial charge in [-0.15, -0.1) is 11.3 Å². The van der Waals surface area contributed by atoms with Crippen molar-refractivity contribution in [1.82, 2.24) is 14.8 Å². The minimum Gasteiger partial charge on any atom is -0.494 e. The van der Waals surface area contributed by atoms with Crippen molar-refractivity contribution in [3.8, 4) is 5.75 Å². The van der Waals surface area contributed by atoms with Crippen molar-refractivity contribution in [2.75, 3.05) is 19.7 Å². The summed E-state index contributed by atoms with van der Waals surface area (Å²) in [7, 11) is 0. The Hall–Kier alpha value is -1.92. The van der Waals surface area contributed by atoms with Gasteiger partial charge in [0.05, 0.1) is 30.3 Å². The van der Waals surface area contributed by atoms with E-state index in [0.717, 1.165) is 43.9 Å². The van der Waals surface area contributed by atoms with Gasteiger partial charge in [-0.05, 0) is 25.8 Å². The number of amides is 1. The minimum atomic E-state index is 0.103. The lowest BCUT2D eigenvalue weighted by Crippen LogP contribution is -2.47. The van der Waals surface area contributed by atoms with Crippen molar-refractivity contribution in [2.24, 2.45) is 5.92 Å². The summed E-state index contributed by atoms with van der Waals surface area (Å²) < 4.78 is 5.78. The van der Waals surface area contributed by atoms with E-state index in [1.807, 2.05) is 29.9 Å². The number of piperidine rings is 1. The lowest BCUT2D eigenvalue weighted by atomic mass is 9.94. The number of para-hydroxylation sites is 1. The highest BCUT2D eigenvalue weighted by Crippen LogP contribution is 2.32. The Labute approximate surface area is 158 Å². The third kappa shape index (κ3) is 3.62. The molecule has 3 aliphatic rings. The second-order valence-electron chi connectivity index (χ2n) is 7.11. The third-order valence-electron chi connectivity index (χ3n) is 5.35. The number of ether oxygens (including phenoxy) is 1. The molecular weight excluding hydrogens is 346 g/mol. The Kier molecular flexibility index (Phi) is 5.22. The van der Waals surface area contributed by atoms with Crippen LogP contribution in [-0.2, 0) is 17.9 Å². The van der Waals surface area contributed by atoms with Crippen LogP contribution in [0.25, 0.3) is 0 Å². The molecule has 3 fully saturated rings. The van der Waals surface area contributed by atoms with Gasteiger partial charge < -0.3 is 9.64 Å². The molecule has 3 saturated heterocycles. The van der Waals surface area contributed by atoms with E-state index < -0.39 is 0 Å². The monoisotopic (exact) mass is 371 g/mol. The zero-order valence-corrected chi connectivity index (χ0v) is 16.0. The molecule has 2 aromatic rings. The number of thiazole rings is 1. The summed E-state index contributed by atoms with van der Waals surface area (Å²) in [6.45, 7) is 5.92. The molecule has 0 aliphatic carbocycles. The molecule has 1 amide bonds. The first kappa shape index (κ1) is 17.5. The number of aromatic nitrogens is 1. The SMILES string of the molecule is CCOc1ccccc1CN1C[C@H]2CC[C@@H](C1)N(Cc1cscn1)C2=O. The van der Waals surface area contributed by atoms with Crippen molar-refractivity contribution in [3.05, 3.63) is 46.4 Å². The van der Waals surface area contributed by atoms with E-state index in [1.165, 1.54) is 5.56 Å². The summed E-state index contributed by atoms with van der Waals surface area (Å²) in [4.78, 5) is 21.8. The number of fused-ring (bicyclic) bond motifs is 4. The van der Waals surface area contributed by atoms with Crippen molar-refractivity contribution >= 4 is 17.2 Å². The van der Waals surface area contributed by atoms with Crippen LogP contribution in [0.2, 0.25) is 0 Å². The fraction of sp³-hybridized carbons (Fsp3) is 0.500. The van der Waals surface area contributed by atoms with Gasteiger partial charge in [-0.25, -0.2) is 4.98 Å². The van der Waals surface area contributed by atoms with Crippen LogP contribution in [0.5, 0.6) is 5.75 Å². The summed E-state index contributed by atoms with van der Waals surface area (Å²) in [6, 6.07) is 8.52. The Morgan fingerprint density at radius 3 is 2.92 bits per heavy atom. The zero-order chi connectivity index (χ0) is 17.9. The number of nitrogens with zero attached hydrogens (tertiary/aromatic N) is 3. The molecule has 3 aliphatic heterocycles. The highest BCUT2D eigenvalue weighted by Gasteiger charge is 2.40. The van der Waals surface area contributed by atoms with Crippen molar-refractivity contribution in [2.45, 2.75) is 38.9 Å². The smallest absolute Gasteiger partial charge is 0.227 e. The number of carbonyl (C=O) groups excluding carboxylic acids is 1. The molecular formula is C20H25N3O2S. The Bertz CT molecular complexity index is 749. The molecule has 26 heavy (non-hydrogen) atoms. The average Bonchev–Trinajstić information content (AvgIpc) is 3.02. The maximum Gasteiger partial charge on any atom is 0.227 e. The molecule has 0 N–H and O–H groups in total. The van der Waals surface area contributed by atoms with Crippen LogP contribution < -0.4 is 4.74 Å². The van der Waals surface area contributed by atoms with Crippen LogP contribution in [-0.4, -0.2) is 46.4 Å². The average molecular weight is 372 g/mol. The van der Waals surface area contributed by atoms with E-state index in [9.17, 15) is 4.79 Å². The zero-order valence-electron chi connectivity index (χ0n) is 15.1. The maximum atomic E-state index is 13.0. The highest BCUT2D eigenvalue weighted by atomic mass is 32.1. The van der Waals surface area contributed by atoms with Crippen LogP contribution in [0.3, 0.4) is 0 Å². The molecule has 0 spiro atoms. The van der Waals surface area contributed by atoms with Crippen LogP contribution in [0, 0.1) is 5.92 Å². The molecule has 1 aromatic carbocycles. The molecule has 4 heterocycles. The Morgan fingerprint density at radius 2 is 2.12 bits per heavy atom. The van der Waals surface area contributed by atoms with Gasteiger partial charge in [-0.1, -0.05) is 18.2 Å². The summed E-state index contributed by atoms with van der Waals surface area (Å²) in [5.41, 5.74) is 4.05. The van der Waals surface area contributed by atoms with E-state index in [1.54, 1.807) is 11.3 Å². The van der Waals surface area contributed by atoms with Gasteiger partial charge in [0.25, 0.3) is 0 Å². The molecule has 0 radical (unpaired) electrons. The van der Waals surface area contributed by atoms with E-state index in [0.29, 0.717) is 19.1 Å². The second kappa shape index (κ2) is 7.76. The molecule has 5 nitrogen and oxygen atoms in total. The fourth-order valence-corrected chi connectivity index (χ4v) is 4.68. The number of rotatable bonds is 6. The first-order valence-electron chi connectivity index (χ1n) is 9.35. The van der Waals surface area contributed by atoms with Crippen molar-refractivity contribution < 1.29 is 9.53 Å². The lowest BCUT2D eigenvalue weighted by molar-refractivity contribution is -0.140. The summed E-state index contributed by atoms with van der Waals surface area (Å²) >= 11 is 1.59. The van der Waals surface area contributed by atoms with Gasteiger partial charge in [-0.3, -0.25) is 9.69 Å². The fourth-order valence-electron chi connectivity index (χ4n) is 4.13. The maximum absolute atomic E-state index is 13.0. The first-order chi connectivity index (χ1) is 12.7. The normalized spacial score (nSPS) is 23.3. The number of hydrogen-bond donors (Lipinski definition) is 0. The molecule has 1 aromatic heterocycles. The van der Waals surface area contributed by atoms with Gasteiger partial charge >= 0.3 is 0 Å².